The fourth-order valence-electron chi connectivity index (χ4n) is 4.22. The molecule has 1 aromatic rings. The largest absolute Gasteiger partial charge is 0.359 e. The second kappa shape index (κ2) is 8.06. The lowest BCUT2D eigenvalue weighted by Crippen LogP contribution is -2.37. The van der Waals surface area contributed by atoms with Gasteiger partial charge < -0.3 is 5.32 Å². The van der Waals surface area contributed by atoms with Crippen LogP contribution in [0.2, 0.25) is 0 Å². The van der Waals surface area contributed by atoms with Gasteiger partial charge >= 0.3 is 0 Å². The fourth-order valence-corrected chi connectivity index (χ4v) is 4.22. The molecule has 3 rings (SSSR count). The molecule has 5 nitrogen and oxygen atoms in total. The van der Waals surface area contributed by atoms with E-state index in [1.165, 1.54) is 45.1 Å². The molecule has 0 radical (unpaired) electrons. The summed E-state index contributed by atoms with van der Waals surface area (Å²) < 4.78 is 0. The standard InChI is InChI=1S/C19H30N4O/c1-14-13-15(10-11-18(24)20-2)22-19(21-14)17-9-6-12-23(17)16-7-4-3-5-8-16/h13,16-17H,3-12H2,1-2H3,(H,20,24)/t17-/m1/s1. The van der Waals surface area contributed by atoms with Crippen LogP contribution in [0.25, 0.3) is 0 Å². The van der Waals surface area contributed by atoms with Crippen LogP contribution < -0.4 is 5.32 Å². The Balaban J connectivity index is 1.74. The van der Waals surface area contributed by atoms with Gasteiger partial charge in [0.2, 0.25) is 5.91 Å². The Morgan fingerprint density at radius 3 is 2.75 bits per heavy atom. The number of aromatic nitrogens is 2. The van der Waals surface area contributed by atoms with E-state index in [-0.39, 0.29) is 5.91 Å². The highest BCUT2D eigenvalue weighted by Crippen LogP contribution is 2.36. The molecule has 0 unspecified atom stereocenters. The number of carbonyl (C=O) groups excluding carboxylic acids is 1. The molecule has 2 aliphatic rings. The summed E-state index contributed by atoms with van der Waals surface area (Å²) in [4.78, 5) is 23.8. The van der Waals surface area contributed by atoms with E-state index in [0.717, 1.165) is 23.6 Å². The minimum atomic E-state index is 0.0671. The van der Waals surface area contributed by atoms with Gasteiger partial charge in [-0.15, -0.1) is 0 Å². The van der Waals surface area contributed by atoms with Crippen molar-refractivity contribution >= 4 is 5.91 Å². The van der Waals surface area contributed by atoms with E-state index < -0.39 is 0 Å². The van der Waals surface area contributed by atoms with Crippen LogP contribution in [0.5, 0.6) is 0 Å². The summed E-state index contributed by atoms with van der Waals surface area (Å²) in [5.74, 6) is 1.04. The van der Waals surface area contributed by atoms with Crippen LogP contribution in [0.3, 0.4) is 0 Å². The first-order chi connectivity index (χ1) is 11.7. The Hall–Kier alpha value is -1.49. The van der Waals surface area contributed by atoms with E-state index in [2.05, 4.69) is 10.2 Å². The van der Waals surface area contributed by atoms with Crippen molar-refractivity contribution in [3.05, 3.63) is 23.3 Å². The lowest BCUT2D eigenvalue weighted by atomic mass is 9.93. The molecule has 1 N–H and O–H groups in total. The van der Waals surface area contributed by atoms with Crippen LogP contribution in [-0.2, 0) is 11.2 Å². The quantitative estimate of drug-likeness (QED) is 0.902. The van der Waals surface area contributed by atoms with Crippen LogP contribution in [0, 0.1) is 6.92 Å². The number of rotatable bonds is 5. The van der Waals surface area contributed by atoms with Crippen LogP contribution in [0.4, 0.5) is 0 Å². The summed E-state index contributed by atoms with van der Waals surface area (Å²) in [6, 6.07) is 3.10. The maximum absolute atomic E-state index is 11.5. The predicted octanol–water partition coefficient (Wildman–Crippen LogP) is 2.93. The van der Waals surface area contributed by atoms with Gasteiger partial charge in [-0.3, -0.25) is 9.69 Å². The van der Waals surface area contributed by atoms with Gasteiger partial charge in [0.15, 0.2) is 0 Å². The molecule has 1 aliphatic heterocycles. The molecule has 24 heavy (non-hydrogen) atoms. The highest BCUT2D eigenvalue weighted by Gasteiger charge is 2.34. The summed E-state index contributed by atoms with van der Waals surface area (Å²) >= 11 is 0. The van der Waals surface area contributed by atoms with E-state index in [1.54, 1.807) is 7.05 Å². The first-order valence-corrected chi connectivity index (χ1v) is 9.48. The number of likely N-dealkylation sites (tertiary alicyclic amines) is 1. The van der Waals surface area contributed by atoms with Gasteiger partial charge in [-0.25, -0.2) is 9.97 Å². The van der Waals surface area contributed by atoms with Crippen LogP contribution >= 0.6 is 0 Å². The van der Waals surface area contributed by atoms with Crippen molar-refractivity contribution in [3.63, 3.8) is 0 Å². The lowest BCUT2D eigenvalue weighted by Gasteiger charge is -2.35. The first kappa shape index (κ1) is 17.3. The number of aryl methyl sites for hydroxylation is 2. The number of amides is 1. The van der Waals surface area contributed by atoms with Crippen molar-refractivity contribution in [1.29, 1.82) is 0 Å². The molecule has 1 aliphatic carbocycles. The lowest BCUT2D eigenvalue weighted by molar-refractivity contribution is -0.120. The number of nitrogens with one attached hydrogen (secondary N) is 1. The van der Waals surface area contributed by atoms with Gasteiger partial charge in [0.1, 0.15) is 5.82 Å². The molecule has 1 saturated heterocycles. The van der Waals surface area contributed by atoms with Gasteiger partial charge in [-0.05, 0) is 51.6 Å². The zero-order chi connectivity index (χ0) is 16.9. The van der Waals surface area contributed by atoms with Gasteiger partial charge in [-0.1, -0.05) is 19.3 Å². The van der Waals surface area contributed by atoms with Crippen molar-refractivity contribution in [3.8, 4) is 0 Å². The molecule has 0 aromatic carbocycles. The second-order valence-corrected chi connectivity index (χ2v) is 7.22. The molecule has 1 amide bonds. The van der Waals surface area contributed by atoms with Crippen LogP contribution in [0.1, 0.15) is 74.6 Å². The zero-order valence-electron chi connectivity index (χ0n) is 15.1. The van der Waals surface area contributed by atoms with Gasteiger partial charge in [0.25, 0.3) is 0 Å². The molecule has 1 aromatic heterocycles. The second-order valence-electron chi connectivity index (χ2n) is 7.22. The number of nitrogens with zero attached hydrogens (tertiary/aromatic N) is 3. The molecular formula is C19H30N4O. The summed E-state index contributed by atoms with van der Waals surface area (Å²) in [7, 11) is 1.68. The third kappa shape index (κ3) is 4.12. The molecule has 0 spiro atoms. The average Bonchev–Trinajstić information content (AvgIpc) is 3.09. The molecule has 2 fully saturated rings. The van der Waals surface area contributed by atoms with Crippen molar-refractivity contribution in [2.24, 2.45) is 0 Å². The topological polar surface area (TPSA) is 58.1 Å². The number of carbonyl (C=O) groups is 1. The van der Waals surface area contributed by atoms with Crippen molar-refractivity contribution in [2.45, 2.75) is 76.8 Å². The Labute approximate surface area is 145 Å². The maximum atomic E-state index is 11.5. The Morgan fingerprint density at radius 1 is 1.21 bits per heavy atom. The summed E-state index contributed by atoms with van der Waals surface area (Å²) in [5.41, 5.74) is 2.01. The normalized spacial score (nSPS) is 22.7. The molecular weight excluding hydrogens is 300 g/mol. The van der Waals surface area contributed by atoms with Gasteiger partial charge in [0, 0.05) is 30.9 Å². The van der Waals surface area contributed by atoms with Crippen LogP contribution in [0.15, 0.2) is 6.07 Å². The summed E-state index contributed by atoms with van der Waals surface area (Å²) in [5, 5.41) is 2.68. The fraction of sp³-hybridized carbons (Fsp3) is 0.737. The van der Waals surface area contributed by atoms with Gasteiger partial charge in [-0.2, -0.15) is 0 Å². The summed E-state index contributed by atoms with van der Waals surface area (Å²) in [6.07, 6.45) is 10.3. The molecule has 5 heteroatoms. The zero-order valence-corrected chi connectivity index (χ0v) is 15.1. The first-order valence-electron chi connectivity index (χ1n) is 9.48. The molecule has 1 atom stereocenters. The molecule has 1 saturated carbocycles. The SMILES string of the molecule is CNC(=O)CCc1cc(C)nc([C@H]2CCCN2C2CCCCC2)n1. The van der Waals surface area contributed by atoms with E-state index in [4.69, 9.17) is 9.97 Å². The molecule has 132 valence electrons. The smallest absolute Gasteiger partial charge is 0.220 e. The highest BCUT2D eigenvalue weighted by atomic mass is 16.1. The van der Waals surface area contributed by atoms with Crippen molar-refractivity contribution in [2.75, 3.05) is 13.6 Å². The predicted molar refractivity (Wildman–Crippen MR) is 94.7 cm³/mol. The van der Waals surface area contributed by atoms with Crippen molar-refractivity contribution < 1.29 is 4.79 Å². The number of hydrogen-bond donors (Lipinski definition) is 1. The maximum Gasteiger partial charge on any atom is 0.220 e. The number of hydrogen-bond acceptors (Lipinski definition) is 4. The minimum Gasteiger partial charge on any atom is -0.359 e. The summed E-state index contributed by atoms with van der Waals surface area (Å²) in [6.45, 7) is 3.22. The minimum absolute atomic E-state index is 0.0671. The molecule has 0 bridgehead atoms. The molecule has 2 heterocycles. The van der Waals surface area contributed by atoms with E-state index >= 15 is 0 Å². The third-order valence-electron chi connectivity index (χ3n) is 5.45. The van der Waals surface area contributed by atoms with E-state index in [1.807, 2.05) is 13.0 Å². The van der Waals surface area contributed by atoms with E-state index in [0.29, 0.717) is 24.9 Å². The Morgan fingerprint density at radius 2 is 2.00 bits per heavy atom. The highest BCUT2D eigenvalue weighted by molar-refractivity contribution is 5.75. The van der Waals surface area contributed by atoms with Crippen molar-refractivity contribution in [1.82, 2.24) is 20.2 Å². The van der Waals surface area contributed by atoms with Gasteiger partial charge in [0.05, 0.1) is 6.04 Å². The average molecular weight is 330 g/mol. The third-order valence-corrected chi connectivity index (χ3v) is 5.45. The van der Waals surface area contributed by atoms with E-state index in [9.17, 15) is 4.79 Å². The Bertz CT molecular complexity index is 568. The Kier molecular flexibility index (Phi) is 5.82. The van der Waals surface area contributed by atoms with Crippen LogP contribution in [-0.4, -0.2) is 40.4 Å². The monoisotopic (exact) mass is 330 g/mol.